The quantitative estimate of drug-likeness (QED) is 0.733. The van der Waals surface area contributed by atoms with E-state index in [1.54, 1.807) is 18.2 Å². The Morgan fingerprint density at radius 1 is 1.15 bits per heavy atom. The van der Waals surface area contributed by atoms with Gasteiger partial charge in [0.1, 0.15) is 5.82 Å². The van der Waals surface area contributed by atoms with E-state index >= 15 is 0 Å². The Morgan fingerprint density at radius 3 is 2.58 bits per heavy atom. The van der Waals surface area contributed by atoms with Gasteiger partial charge < -0.3 is 14.7 Å². The largest absolute Gasteiger partial charge is 0.378 e. The first-order valence-electron chi connectivity index (χ1n) is 8.17. The molecule has 1 aromatic heterocycles. The topological polar surface area (TPSA) is 71.3 Å². The number of hydrogen-bond donors (Lipinski definition) is 1. The summed E-state index contributed by atoms with van der Waals surface area (Å²) in [5, 5.41) is 6.59. The molecule has 1 amide bonds. The Labute approximate surface area is 150 Å². The Bertz CT molecular complexity index is 891. The maximum absolute atomic E-state index is 13.7. The summed E-state index contributed by atoms with van der Waals surface area (Å²) in [6.45, 7) is 0. The molecule has 0 bridgehead atoms. The average Bonchev–Trinajstić information content (AvgIpc) is 3.09. The number of anilines is 2. The summed E-state index contributed by atoms with van der Waals surface area (Å²) in [5.41, 5.74) is 2.04. The predicted molar refractivity (Wildman–Crippen MR) is 97.4 cm³/mol. The first-order valence-corrected chi connectivity index (χ1v) is 8.17. The molecule has 0 spiro atoms. The molecule has 1 heterocycles. The number of rotatable bonds is 6. The van der Waals surface area contributed by atoms with Crippen LogP contribution in [0.2, 0.25) is 0 Å². The smallest absolute Gasteiger partial charge is 0.227 e. The average molecular weight is 354 g/mol. The number of halogens is 1. The number of hydrogen-bond acceptors (Lipinski definition) is 5. The van der Waals surface area contributed by atoms with Gasteiger partial charge in [0.05, 0.1) is 5.56 Å². The summed E-state index contributed by atoms with van der Waals surface area (Å²) in [5.74, 6) is -0.105. The molecular formula is C19H19FN4O2. The molecule has 0 saturated heterocycles. The summed E-state index contributed by atoms with van der Waals surface area (Å²) in [6, 6.07) is 13.7. The molecule has 0 aliphatic carbocycles. The van der Waals surface area contributed by atoms with E-state index in [9.17, 15) is 9.18 Å². The minimum atomic E-state index is -0.418. The van der Waals surface area contributed by atoms with Crippen molar-refractivity contribution in [3.8, 4) is 11.4 Å². The van der Waals surface area contributed by atoms with Crippen molar-refractivity contribution in [3.63, 3.8) is 0 Å². The van der Waals surface area contributed by atoms with Crippen LogP contribution >= 0.6 is 0 Å². The van der Waals surface area contributed by atoms with Gasteiger partial charge in [0.15, 0.2) is 0 Å². The number of aryl methyl sites for hydroxylation is 1. The van der Waals surface area contributed by atoms with Crippen molar-refractivity contribution >= 4 is 17.3 Å². The molecule has 0 aliphatic rings. The molecule has 3 rings (SSSR count). The molecule has 0 aliphatic heterocycles. The first kappa shape index (κ1) is 17.6. The lowest BCUT2D eigenvalue weighted by molar-refractivity contribution is -0.116. The Balaban J connectivity index is 1.56. The maximum atomic E-state index is 13.7. The van der Waals surface area contributed by atoms with Gasteiger partial charge >= 0.3 is 0 Å². The number of aromatic nitrogens is 2. The minimum absolute atomic E-state index is 0.159. The van der Waals surface area contributed by atoms with Crippen molar-refractivity contribution in [1.29, 1.82) is 0 Å². The van der Waals surface area contributed by atoms with E-state index in [0.717, 1.165) is 11.4 Å². The lowest BCUT2D eigenvalue weighted by Crippen LogP contribution is -2.13. The van der Waals surface area contributed by atoms with Gasteiger partial charge in [-0.3, -0.25) is 4.79 Å². The van der Waals surface area contributed by atoms with Crippen molar-refractivity contribution in [2.24, 2.45) is 0 Å². The lowest BCUT2D eigenvalue weighted by atomic mass is 10.2. The molecule has 0 saturated carbocycles. The van der Waals surface area contributed by atoms with Crippen LogP contribution in [0.4, 0.5) is 15.8 Å². The van der Waals surface area contributed by atoms with E-state index < -0.39 is 5.82 Å². The third kappa shape index (κ3) is 4.24. The highest BCUT2D eigenvalue weighted by Crippen LogP contribution is 2.20. The molecule has 6 nitrogen and oxygen atoms in total. The number of carbonyl (C=O) groups is 1. The van der Waals surface area contributed by atoms with Gasteiger partial charge in [-0.15, -0.1) is 0 Å². The zero-order valence-corrected chi connectivity index (χ0v) is 14.6. The predicted octanol–water partition coefficient (Wildman–Crippen LogP) is 3.51. The molecule has 0 fully saturated rings. The van der Waals surface area contributed by atoms with Gasteiger partial charge in [-0.2, -0.15) is 4.98 Å². The van der Waals surface area contributed by atoms with Gasteiger partial charge in [-0.1, -0.05) is 17.3 Å². The third-order valence-electron chi connectivity index (χ3n) is 3.82. The van der Waals surface area contributed by atoms with Gasteiger partial charge in [-0.05, 0) is 36.4 Å². The van der Waals surface area contributed by atoms with Crippen LogP contribution < -0.4 is 10.2 Å². The van der Waals surface area contributed by atoms with E-state index in [2.05, 4.69) is 15.5 Å². The van der Waals surface area contributed by atoms with Crippen LogP contribution in [-0.2, 0) is 11.2 Å². The second-order valence-corrected chi connectivity index (χ2v) is 5.98. The summed E-state index contributed by atoms with van der Waals surface area (Å²) < 4.78 is 18.8. The Morgan fingerprint density at radius 2 is 1.88 bits per heavy atom. The molecule has 1 N–H and O–H groups in total. The summed E-state index contributed by atoms with van der Waals surface area (Å²) in [6.07, 6.45) is 0.470. The fourth-order valence-corrected chi connectivity index (χ4v) is 2.40. The van der Waals surface area contributed by atoms with Crippen molar-refractivity contribution in [1.82, 2.24) is 10.1 Å². The van der Waals surface area contributed by atoms with Gasteiger partial charge in [0.25, 0.3) is 0 Å². The van der Waals surface area contributed by atoms with Gasteiger partial charge in [0.2, 0.25) is 17.6 Å². The molecule has 134 valence electrons. The van der Waals surface area contributed by atoms with E-state index in [4.69, 9.17) is 4.52 Å². The summed E-state index contributed by atoms with van der Waals surface area (Å²) in [7, 11) is 3.90. The van der Waals surface area contributed by atoms with Crippen LogP contribution in [0.5, 0.6) is 0 Å². The highest BCUT2D eigenvalue weighted by molar-refractivity contribution is 5.90. The van der Waals surface area contributed by atoms with E-state index in [1.165, 1.54) is 6.07 Å². The lowest BCUT2D eigenvalue weighted by Gasteiger charge is -2.12. The number of nitrogens with one attached hydrogen (secondary N) is 1. The monoisotopic (exact) mass is 354 g/mol. The SMILES string of the molecule is CN(C)c1ccc(NC(=O)CCc2nc(-c3ccccc3F)no2)cc1. The molecule has 3 aromatic rings. The Kier molecular flexibility index (Phi) is 5.26. The van der Waals surface area contributed by atoms with Crippen molar-refractivity contribution in [2.75, 3.05) is 24.3 Å². The number of benzene rings is 2. The molecule has 7 heteroatoms. The van der Waals surface area contributed by atoms with Crippen LogP contribution in [0.15, 0.2) is 53.1 Å². The molecule has 0 atom stereocenters. The minimum Gasteiger partial charge on any atom is -0.378 e. The zero-order chi connectivity index (χ0) is 18.5. The molecular weight excluding hydrogens is 335 g/mol. The third-order valence-corrected chi connectivity index (χ3v) is 3.82. The normalized spacial score (nSPS) is 10.6. The standard InChI is InChI=1S/C19H19FN4O2/c1-24(2)14-9-7-13(8-10-14)21-17(25)11-12-18-22-19(23-26-18)15-5-3-4-6-16(15)20/h3-10H,11-12H2,1-2H3,(H,21,25). The molecule has 2 aromatic carbocycles. The van der Waals surface area contributed by atoms with Gasteiger partial charge in [-0.25, -0.2) is 4.39 Å². The Hall–Kier alpha value is -3.22. The fourth-order valence-electron chi connectivity index (χ4n) is 2.40. The number of nitrogens with zero attached hydrogens (tertiary/aromatic N) is 3. The molecule has 0 unspecified atom stereocenters. The zero-order valence-electron chi connectivity index (χ0n) is 14.6. The second-order valence-electron chi connectivity index (χ2n) is 5.98. The van der Waals surface area contributed by atoms with Crippen molar-refractivity contribution in [3.05, 3.63) is 60.2 Å². The highest BCUT2D eigenvalue weighted by Gasteiger charge is 2.13. The van der Waals surface area contributed by atoms with Crippen LogP contribution in [-0.4, -0.2) is 30.1 Å². The number of amides is 1. The second kappa shape index (κ2) is 7.77. The van der Waals surface area contributed by atoms with E-state index in [1.807, 2.05) is 43.3 Å². The van der Waals surface area contributed by atoms with Crippen LogP contribution in [0.1, 0.15) is 12.3 Å². The van der Waals surface area contributed by atoms with Crippen molar-refractivity contribution in [2.45, 2.75) is 12.8 Å². The maximum Gasteiger partial charge on any atom is 0.227 e. The fraction of sp³-hybridized carbons (Fsp3) is 0.211. The number of carbonyl (C=O) groups excluding carboxylic acids is 1. The molecule has 26 heavy (non-hydrogen) atoms. The summed E-state index contributed by atoms with van der Waals surface area (Å²) in [4.78, 5) is 18.2. The summed E-state index contributed by atoms with van der Waals surface area (Å²) >= 11 is 0. The van der Waals surface area contributed by atoms with Gasteiger partial charge in [0, 0.05) is 38.3 Å². The van der Waals surface area contributed by atoms with E-state index in [0.29, 0.717) is 5.89 Å². The van der Waals surface area contributed by atoms with Crippen LogP contribution in [0, 0.1) is 5.82 Å². The van der Waals surface area contributed by atoms with Crippen LogP contribution in [0.25, 0.3) is 11.4 Å². The molecule has 0 radical (unpaired) electrons. The highest BCUT2D eigenvalue weighted by atomic mass is 19.1. The first-order chi connectivity index (χ1) is 12.5. The van der Waals surface area contributed by atoms with Crippen molar-refractivity contribution < 1.29 is 13.7 Å². The van der Waals surface area contributed by atoms with E-state index in [-0.39, 0.29) is 30.1 Å². The van der Waals surface area contributed by atoms with Crippen LogP contribution in [0.3, 0.4) is 0 Å².